The maximum absolute atomic E-state index is 10.1. The van der Waals surface area contributed by atoms with Crippen LogP contribution in [0.3, 0.4) is 0 Å². The van der Waals surface area contributed by atoms with E-state index in [0.29, 0.717) is 0 Å². The maximum Gasteiger partial charge on any atom is 0.231 e. The maximum atomic E-state index is 10.1. The molecule has 0 fully saturated rings. The molecule has 6 heteroatoms. The summed E-state index contributed by atoms with van der Waals surface area (Å²) >= 11 is 0. The van der Waals surface area contributed by atoms with Crippen molar-refractivity contribution in [2.24, 2.45) is 7.05 Å². The second-order valence-electron chi connectivity index (χ2n) is 4.72. The Morgan fingerprint density at radius 3 is 2.15 bits per heavy atom. The summed E-state index contributed by atoms with van der Waals surface area (Å²) in [5, 5.41) is 1.37. The summed E-state index contributed by atoms with van der Waals surface area (Å²) in [7, 11) is -1.21. The van der Waals surface area contributed by atoms with E-state index in [-0.39, 0.29) is 0 Å². The van der Waals surface area contributed by atoms with Gasteiger partial charge in [0.1, 0.15) is 0 Å². The summed E-state index contributed by atoms with van der Waals surface area (Å²) in [6.07, 6.45) is 0.925. The normalized spacial score (nSPS) is 10.8. The first-order valence-corrected chi connectivity index (χ1v) is 8.01. The topological polar surface area (TPSA) is 68.2 Å². The van der Waals surface area contributed by atoms with Gasteiger partial charge in [0.25, 0.3) is 0 Å². The molecule has 1 amide bonds. The Morgan fingerprint density at radius 1 is 1.20 bits per heavy atom. The second-order valence-corrected chi connectivity index (χ2v) is 6.47. The highest BCUT2D eigenvalue weighted by atomic mass is 32.2. The first-order valence-electron chi connectivity index (χ1n) is 6.12. The number of hydrogen-bond donors (Lipinski definition) is 1. The van der Waals surface area contributed by atoms with Gasteiger partial charge >= 0.3 is 0 Å². The quantitative estimate of drug-likeness (QED) is 0.873. The van der Waals surface area contributed by atoms with Gasteiger partial charge in [-0.1, -0.05) is 18.2 Å². The molecule has 0 bridgehead atoms. The van der Waals surface area contributed by atoms with E-state index in [4.69, 9.17) is 0 Å². The van der Waals surface area contributed by atoms with Crippen molar-refractivity contribution in [2.45, 2.75) is 20.8 Å². The van der Waals surface area contributed by atoms with Crippen LogP contribution >= 0.6 is 0 Å². The van der Waals surface area contributed by atoms with E-state index in [1.165, 1.54) is 22.2 Å². The minimum atomic E-state index is -3.32. The number of aryl methyl sites for hydroxylation is 2. The molecule has 1 aromatic heterocycles. The van der Waals surface area contributed by atoms with E-state index in [2.05, 4.69) is 49.7 Å². The van der Waals surface area contributed by atoms with E-state index in [0.717, 1.165) is 13.2 Å². The highest BCUT2D eigenvalue weighted by molar-refractivity contribution is 7.89. The van der Waals surface area contributed by atoms with Crippen molar-refractivity contribution in [3.05, 3.63) is 35.5 Å². The standard InChI is InChI=1S/C11H13N.C3H7NO3S/c1-8-9(2)12(3)11-7-5-4-6-10(8)11;1-3(5)4-8(2,6)7/h4-7H,1-3H3;1-2H3,(H,4,5). The summed E-state index contributed by atoms with van der Waals surface area (Å²) in [6, 6.07) is 8.52. The number of rotatable bonds is 1. The van der Waals surface area contributed by atoms with Gasteiger partial charge in [-0.05, 0) is 25.5 Å². The van der Waals surface area contributed by atoms with E-state index in [1.807, 2.05) is 0 Å². The first kappa shape index (κ1) is 16.2. The lowest BCUT2D eigenvalue weighted by Gasteiger charge is -1.96. The molecular formula is C14H20N2O3S. The minimum Gasteiger partial charge on any atom is -0.348 e. The van der Waals surface area contributed by atoms with Gasteiger partial charge < -0.3 is 4.57 Å². The van der Waals surface area contributed by atoms with E-state index < -0.39 is 15.9 Å². The predicted octanol–water partition coefficient (Wildman–Crippen LogP) is 1.88. The van der Waals surface area contributed by atoms with Gasteiger partial charge in [-0.2, -0.15) is 0 Å². The number of sulfonamides is 1. The SMILES string of the molecule is CC(=O)NS(C)(=O)=O.Cc1c(C)n(C)c2ccccc12. The Bertz CT molecular complexity index is 691. The molecule has 0 saturated carbocycles. The van der Waals surface area contributed by atoms with Crippen LogP contribution in [0.4, 0.5) is 0 Å². The molecule has 5 nitrogen and oxygen atoms in total. The van der Waals surface area contributed by atoms with Crippen LogP contribution in [-0.4, -0.2) is 25.1 Å². The van der Waals surface area contributed by atoms with Crippen LogP contribution in [0.25, 0.3) is 10.9 Å². The van der Waals surface area contributed by atoms with E-state index in [9.17, 15) is 13.2 Å². The van der Waals surface area contributed by atoms with Crippen molar-refractivity contribution in [1.82, 2.24) is 9.29 Å². The number of nitrogens with one attached hydrogen (secondary N) is 1. The lowest BCUT2D eigenvalue weighted by Crippen LogP contribution is -2.26. The van der Waals surface area contributed by atoms with Gasteiger partial charge in [-0.25, -0.2) is 8.42 Å². The molecule has 0 unspecified atom stereocenters. The van der Waals surface area contributed by atoms with Gasteiger partial charge in [0.2, 0.25) is 15.9 Å². The predicted molar refractivity (Wildman–Crippen MR) is 81.1 cm³/mol. The van der Waals surface area contributed by atoms with Crippen molar-refractivity contribution in [3.8, 4) is 0 Å². The Kier molecular flexibility index (Phi) is 4.94. The number of benzene rings is 1. The van der Waals surface area contributed by atoms with Crippen LogP contribution in [0.2, 0.25) is 0 Å². The molecule has 1 heterocycles. The lowest BCUT2D eigenvalue weighted by atomic mass is 10.2. The zero-order valence-electron chi connectivity index (χ0n) is 12.4. The minimum absolute atomic E-state index is 0.562. The molecule has 2 rings (SSSR count). The molecule has 0 aliphatic carbocycles. The molecule has 0 spiro atoms. The number of fused-ring (bicyclic) bond motifs is 1. The van der Waals surface area contributed by atoms with Crippen molar-refractivity contribution in [3.63, 3.8) is 0 Å². The van der Waals surface area contributed by atoms with Gasteiger partial charge in [0.05, 0.1) is 6.26 Å². The summed E-state index contributed by atoms with van der Waals surface area (Å²) in [4.78, 5) is 9.97. The third kappa shape index (κ3) is 4.09. The van der Waals surface area contributed by atoms with Crippen molar-refractivity contribution in [1.29, 1.82) is 0 Å². The summed E-state index contributed by atoms with van der Waals surface area (Å²) < 4.78 is 24.2. The Balaban J connectivity index is 0.000000221. The zero-order chi connectivity index (χ0) is 15.5. The largest absolute Gasteiger partial charge is 0.348 e. The molecule has 0 radical (unpaired) electrons. The van der Waals surface area contributed by atoms with Crippen molar-refractivity contribution in [2.75, 3.05) is 6.26 Å². The van der Waals surface area contributed by atoms with Gasteiger partial charge in [0.15, 0.2) is 0 Å². The molecule has 0 atom stereocenters. The molecule has 20 heavy (non-hydrogen) atoms. The first-order chi connectivity index (χ1) is 9.13. The third-order valence-corrected chi connectivity index (χ3v) is 3.70. The number of carbonyl (C=O) groups is 1. The smallest absolute Gasteiger partial charge is 0.231 e. The van der Waals surface area contributed by atoms with E-state index in [1.54, 1.807) is 4.72 Å². The van der Waals surface area contributed by atoms with Crippen LogP contribution in [0.1, 0.15) is 18.2 Å². The van der Waals surface area contributed by atoms with Crippen LogP contribution in [0.15, 0.2) is 24.3 Å². The summed E-state index contributed by atoms with van der Waals surface area (Å²) in [6.45, 7) is 5.48. The number of aromatic nitrogens is 1. The van der Waals surface area contributed by atoms with Crippen LogP contribution in [-0.2, 0) is 21.9 Å². The summed E-state index contributed by atoms with van der Waals surface area (Å²) in [5.74, 6) is -0.562. The van der Waals surface area contributed by atoms with Crippen LogP contribution in [0.5, 0.6) is 0 Å². The monoisotopic (exact) mass is 296 g/mol. The Labute approximate surface area is 119 Å². The molecule has 2 aromatic rings. The Hall–Kier alpha value is -1.82. The molecule has 1 aromatic carbocycles. The van der Waals surface area contributed by atoms with Crippen molar-refractivity contribution < 1.29 is 13.2 Å². The number of amides is 1. The number of carbonyl (C=O) groups excluding carboxylic acids is 1. The van der Waals surface area contributed by atoms with E-state index >= 15 is 0 Å². The molecule has 0 aliphatic rings. The van der Waals surface area contributed by atoms with Crippen molar-refractivity contribution >= 4 is 26.8 Å². The van der Waals surface area contributed by atoms with Crippen LogP contribution in [0, 0.1) is 13.8 Å². The number of para-hydroxylation sites is 1. The highest BCUT2D eigenvalue weighted by Crippen LogP contribution is 2.22. The molecular weight excluding hydrogens is 276 g/mol. The fourth-order valence-electron chi connectivity index (χ4n) is 1.97. The zero-order valence-corrected chi connectivity index (χ0v) is 13.2. The number of hydrogen-bond acceptors (Lipinski definition) is 3. The molecule has 0 aliphatic heterocycles. The average molecular weight is 296 g/mol. The fraction of sp³-hybridized carbons (Fsp3) is 0.357. The average Bonchev–Trinajstić information content (AvgIpc) is 2.53. The highest BCUT2D eigenvalue weighted by Gasteiger charge is 2.05. The molecule has 1 N–H and O–H groups in total. The van der Waals surface area contributed by atoms with Gasteiger partial charge in [-0.3, -0.25) is 9.52 Å². The number of nitrogens with zero attached hydrogens (tertiary/aromatic N) is 1. The third-order valence-electron chi connectivity index (χ3n) is 3.04. The second kappa shape index (κ2) is 6.09. The lowest BCUT2D eigenvalue weighted by molar-refractivity contribution is -0.117. The van der Waals surface area contributed by atoms with Gasteiger partial charge in [0, 0.05) is 30.6 Å². The Morgan fingerprint density at radius 2 is 1.75 bits per heavy atom. The van der Waals surface area contributed by atoms with Crippen LogP contribution < -0.4 is 4.72 Å². The molecule has 110 valence electrons. The van der Waals surface area contributed by atoms with Gasteiger partial charge in [-0.15, -0.1) is 0 Å². The fourth-order valence-corrected chi connectivity index (χ4v) is 2.49. The summed E-state index contributed by atoms with van der Waals surface area (Å²) in [5.41, 5.74) is 4.08. The molecule has 0 saturated heterocycles.